The van der Waals surface area contributed by atoms with E-state index in [0.29, 0.717) is 6.04 Å². The second-order valence-corrected chi connectivity index (χ2v) is 3.94. The summed E-state index contributed by atoms with van der Waals surface area (Å²) in [6, 6.07) is 0.425. The van der Waals surface area contributed by atoms with Crippen LogP contribution in [0.3, 0.4) is 0 Å². The van der Waals surface area contributed by atoms with Crippen LogP contribution in [0.1, 0.15) is 18.9 Å². The highest BCUT2D eigenvalue weighted by Crippen LogP contribution is 1.95. The van der Waals surface area contributed by atoms with Crippen molar-refractivity contribution < 1.29 is 4.74 Å². The molecule has 0 aromatic carbocycles. The summed E-state index contributed by atoms with van der Waals surface area (Å²) in [5.41, 5.74) is 1.22. The molecule has 1 heterocycles. The molecule has 1 aromatic heterocycles. The Morgan fingerprint density at radius 2 is 2.40 bits per heavy atom. The number of aryl methyl sites for hydroxylation is 2. The molecule has 4 heteroatoms. The first-order valence-corrected chi connectivity index (χ1v) is 5.43. The van der Waals surface area contributed by atoms with Gasteiger partial charge in [0.25, 0.3) is 0 Å². The predicted octanol–water partition coefficient (Wildman–Crippen LogP) is 1.21. The fraction of sp³-hybridized carbons (Fsp3) is 0.727. The molecule has 0 saturated heterocycles. The summed E-state index contributed by atoms with van der Waals surface area (Å²) in [7, 11) is 1.73. The van der Waals surface area contributed by atoms with Crippen LogP contribution in [-0.4, -0.2) is 36.1 Å². The second kappa shape index (κ2) is 6.58. The van der Waals surface area contributed by atoms with Gasteiger partial charge in [0.05, 0.1) is 12.8 Å². The zero-order valence-corrected chi connectivity index (χ0v) is 9.86. The molecule has 0 spiro atoms. The van der Waals surface area contributed by atoms with Gasteiger partial charge in [0.1, 0.15) is 0 Å². The first-order chi connectivity index (χ1) is 7.22. The Labute approximate surface area is 91.6 Å². The molecule has 4 nitrogen and oxygen atoms in total. The van der Waals surface area contributed by atoms with E-state index in [1.807, 2.05) is 10.9 Å². The van der Waals surface area contributed by atoms with E-state index in [9.17, 15) is 0 Å². The Morgan fingerprint density at radius 3 is 3.00 bits per heavy atom. The Kier molecular flexibility index (Phi) is 5.36. The fourth-order valence-corrected chi connectivity index (χ4v) is 1.49. The number of nitrogens with one attached hydrogen (secondary N) is 1. The number of aromatic nitrogens is 2. The van der Waals surface area contributed by atoms with E-state index in [-0.39, 0.29) is 0 Å². The number of nitrogens with zero attached hydrogens (tertiary/aromatic N) is 2. The molecule has 0 amide bonds. The van der Waals surface area contributed by atoms with Gasteiger partial charge < -0.3 is 10.1 Å². The lowest BCUT2D eigenvalue weighted by Gasteiger charge is -2.12. The molecule has 0 aliphatic rings. The summed E-state index contributed by atoms with van der Waals surface area (Å²) in [5, 5.41) is 7.63. The zero-order valence-electron chi connectivity index (χ0n) is 9.86. The number of rotatable bonds is 7. The van der Waals surface area contributed by atoms with Crippen LogP contribution in [0, 0.1) is 6.92 Å². The van der Waals surface area contributed by atoms with Crippen molar-refractivity contribution in [3.63, 3.8) is 0 Å². The molecule has 1 atom stereocenters. The summed E-state index contributed by atoms with van der Waals surface area (Å²) >= 11 is 0. The van der Waals surface area contributed by atoms with Crippen molar-refractivity contribution in [3.05, 3.63) is 18.0 Å². The smallest absolute Gasteiger partial charge is 0.0613 e. The van der Waals surface area contributed by atoms with Crippen LogP contribution in [0.5, 0.6) is 0 Å². The van der Waals surface area contributed by atoms with Gasteiger partial charge in [-0.1, -0.05) is 0 Å². The lowest BCUT2D eigenvalue weighted by atomic mass is 10.3. The van der Waals surface area contributed by atoms with Gasteiger partial charge in [-0.05, 0) is 32.4 Å². The third kappa shape index (κ3) is 4.95. The molecule has 1 N–H and O–H groups in total. The van der Waals surface area contributed by atoms with E-state index in [1.54, 1.807) is 7.11 Å². The van der Waals surface area contributed by atoms with Crippen molar-refractivity contribution in [2.75, 3.05) is 20.3 Å². The third-order valence-corrected chi connectivity index (χ3v) is 2.24. The minimum absolute atomic E-state index is 0.425. The molecule has 0 bridgehead atoms. The molecule has 0 saturated carbocycles. The highest BCUT2D eigenvalue weighted by Gasteiger charge is 1.99. The van der Waals surface area contributed by atoms with Crippen LogP contribution >= 0.6 is 0 Å². The molecule has 0 radical (unpaired) electrons. The van der Waals surface area contributed by atoms with Crippen molar-refractivity contribution in [1.29, 1.82) is 0 Å². The zero-order chi connectivity index (χ0) is 11.1. The molecular formula is C11H21N3O. The van der Waals surface area contributed by atoms with E-state index in [4.69, 9.17) is 4.74 Å². The molecule has 1 aromatic rings. The van der Waals surface area contributed by atoms with Crippen molar-refractivity contribution in [3.8, 4) is 0 Å². The summed E-state index contributed by atoms with van der Waals surface area (Å²) in [4.78, 5) is 0. The molecule has 1 unspecified atom stereocenters. The standard InChI is InChI=1S/C11H21N3O/c1-10-7-13-14(8-10)6-4-5-12-11(2)9-15-3/h7-8,11-12H,4-6,9H2,1-3H3. The SMILES string of the molecule is COCC(C)NCCCn1cc(C)cn1. The van der Waals surface area contributed by atoms with Crippen molar-refractivity contribution >= 4 is 0 Å². The summed E-state index contributed by atoms with van der Waals surface area (Å²) in [6.45, 7) is 6.93. The third-order valence-electron chi connectivity index (χ3n) is 2.24. The van der Waals surface area contributed by atoms with Crippen LogP contribution in [0.4, 0.5) is 0 Å². The molecular weight excluding hydrogens is 190 g/mol. The van der Waals surface area contributed by atoms with E-state index in [2.05, 4.69) is 30.5 Å². The number of methoxy groups -OCH3 is 1. The van der Waals surface area contributed by atoms with Crippen LogP contribution in [0.15, 0.2) is 12.4 Å². The highest BCUT2D eigenvalue weighted by atomic mass is 16.5. The van der Waals surface area contributed by atoms with Gasteiger partial charge in [0, 0.05) is 25.9 Å². The molecule has 0 fully saturated rings. The van der Waals surface area contributed by atoms with E-state index < -0.39 is 0 Å². The Hall–Kier alpha value is -0.870. The van der Waals surface area contributed by atoms with Crippen LogP contribution in [0.25, 0.3) is 0 Å². The van der Waals surface area contributed by atoms with Gasteiger partial charge in [-0.15, -0.1) is 0 Å². The van der Waals surface area contributed by atoms with Gasteiger partial charge in [-0.2, -0.15) is 5.10 Å². The van der Waals surface area contributed by atoms with Gasteiger partial charge in [0.15, 0.2) is 0 Å². The fourth-order valence-electron chi connectivity index (χ4n) is 1.49. The predicted molar refractivity (Wildman–Crippen MR) is 60.9 cm³/mol. The molecule has 15 heavy (non-hydrogen) atoms. The molecule has 1 rings (SSSR count). The second-order valence-electron chi connectivity index (χ2n) is 3.94. The minimum atomic E-state index is 0.425. The Bertz CT molecular complexity index is 273. The largest absolute Gasteiger partial charge is 0.383 e. The lowest BCUT2D eigenvalue weighted by molar-refractivity contribution is 0.172. The Balaban J connectivity index is 2.06. The first-order valence-electron chi connectivity index (χ1n) is 5.43. The topological polar surface area (TPSA) is 39.1 Å². The number of hydrogen-bond donors (Lipinski definition) is 1. The van der Waals surface area contributed by atoms with Crippen LogP contribution < -0.4 is 5.32 Å². The monoisotopic (exact) mass is 211 g/mol. The van der Waals surface area contributed by atoms with E-state index >= 15 is 0 Å². The number of hydrogen-bond acceptors (Lipinski definition) is 3. The maximum atomic E-state index is 5.04. The van der Waals surface area contributed by atoms with Crippen LogP contribution in [-0.2, 0) is 11.3 Å². The van der Waals surface area contributed by atoms with Crippen molar-refractivity contribution in [2.24, 2.45) is 0 Å². The van der Waals surface area contributed by atoms with Crippen molar-refractivity contribution in [1.82, 2.24) is 15.1 Å². The van der Waals surface area contributed by atoms with E-state index in [0.717, 1.165) is 26.1 Å². The lowest BCUT2D eigenvalue weighted by Crippen LogP contribution is -2.31. The Morgan fingerprint density at radius 1 is 1.60 bits per heavy atom. The average molecular weight is 211 g/mol. The maximum Gasteiger partial charge on any atom is 0.0613 e. The molecule has 0 aliphatic carbocycles. The molecule has 0 aliphatic heterocycles. The van der Waals surface area contributed by atoms with Crippen LogP contribution in [0.2, 0.25) is 0 Å². The van der Waals surface area contributed by atoms with Crippen molar-refractivity contribution in [2.45, 2.75) is 32.9 Å². The quantitative estimate of drug-likeness (QED) is 0.689. The number of ether oxygens (including phenoxy) is 1. The van der Waals surface area contributed by atoms with Gasteiger partial charge in [-0.3, -0.25) is 4.68 Å². The highest BCUT2D eigenvalue weighted by molar-refractivity contribution is 4.99. The molecule has 86 valence electrons. The summed E-state index contributed by atoms with van der Waals surface area (Å²) in [6.07, 6.45) is 5.05. The van der Waals surface area contributed by atoms with Gasteiger partial charge >= 0.3 is 0 Å². The normalized spacial score (nSPS) is 13.0. The van der Waals surface area contributed by atoms with E-state index in [1.165, 1.54) is 5.56 Å². The van der Waals surface area contributed by atoms with Gasteiger partial charge in [0.2, 0.25) is 0 Å². The summed E-state index contributed by atoms with van der Waals surface area (Å²) in [5.74, 6) is 0. The summed E-state index contributed by atoms with van der Waals surface area (Å²) < 4.78 is 7.03. The first kappa shape index (κ1) is 12.2. The maximum absolute atomic E-state index is 5.04. The average Bonchev–Trinajstić information content (AvgIpc) is 2.60. The minimum Gasteiger partial charge on any atom is -0.383 e. The van der Waals surface area contributed by atoms with Gasteiger partial charge in [-0.25, -0.2) is 0 Å².